The van der Waals surface area contributed by atoms with Gasteiger partial charge < -0.3 is 13.9 Å². The van der Waals surface area contributed by atoms with Crippen molar-refractivity contribution in [1.82, 2.24) is 4.98 Å². The summed E-state index contributed by atoms with van der Waals surface area (Å²) >= 11 is 0. The fraction of sp³-hybridized carbons (Fsp3) is 0.733. The molecular formula is C15H21NO4. The monoisotopic (exact) mass is 279 g/mol. The Morgan fingerprint density at radius 2 is 2.25 bits per heavy atom. The van der Waals surface area contributed by atoms with Gasteiger partial charge in [0.15, 0.2) is 5.89 Å². The lowest BCUT2D eigenvalue weighted by Gasteiger charge is -2.06. The van der Waals surface area contributed by atoms with E-state index < -0.39 is 0 Å². The Balaban J connectivity index is 1.67. The van der Waals surface area contributed by atoms with Gasteiger partial charge in [0.25, 0.3) is 0 Å². The third kappa shape index (κ3) is 3.03. The number of esters is 1. The van der Waals surface area contributed by atoms with Gasteiger partial charge in [-0.3, -0.25) is 0 Å². The topological polar surface area (TPSA) is 61.6 Å². The largest absolute Gasteiger partial charge is 0.460 e. The van der Waals surface area contributed by atoms with E-state index in [1.807, 2.05) is 0 Å². The highest BCUT2D eigenvalue weighted by Gasteiger charge is 2.34. The minimum Gasteiger partial charge on any atom is -0.460 e. The first-order valence-corrected chi connectivity index (χ1v) is 7.56. The third-order valence-electron chi connectivity index (χ3n) is 3.83. The van der Waals surface area contributed by atoms with Crippen molar-refractivity contribution in [3.05, 3.63) is 17.3 Å². The Morgan fingerprint density at radius 1 is 1.40 bits per heavy atom. The summed E-state index contributed by atoms with van der Waals surface area (Å²) in [6.07, 6.45) is 6.38. The molecule has 2 aliphatic rings. The maximum Gasteiger partial charge on any atom is 0.376 e. The van der Waals surface area contributed by atoms with Crippen LogP contribution in [0.2, 0.25) is 0 Å². The highest BCUT2D eigenvalue weighted by Crippen LogP contribution is 2.41. The molecule has 0 bridgehead atoms. The minimum absolute atomic E-state index is 0.316. The number of aryl methyl sites for hydroxylation is 1. The Kier molecular flexibility index (Phi) is 4.05. The number of oxazole rings is 1. The van der Waals surface area contributed by atoms with Gasteiger partial charge in [-0.25, -0.2) is 9.78 Å². The zero-order chi connectivity index (χ0) is 13.9. The third-order valence-corrected chi connectivity index (χ3v) is 3.83. The van der Waals surface area contributed by atoms with Crippen molar-refractivity contribution >= 4 is 5.97 Å². The summed E-state index contributed by atoms with van der Waals surface area (Å²) in [5.41, 5.74) is 0.797. The van der Waals surface area contributed by atoms with Gasteiger partial charge in [0, 0.05) is 18.9 Å². The summed E-state index contributed by atoms with van der Waals surface area (Å²) in [7, 11) is 0. The van der Waals surface area contributed by atoms with Gasteiger partial charge in [-0.05, 0) is 39.0 Å². The number of ether oxygens (including phenoxy) is 2. The second-order valence-corrected chi connectivity index (χ2v) is 5.49. The first-order chi connectivity index (χ1) is 9.78. The van der Waals surface area contributed by atoms with E-state index in [0.717, 1.165) is 50.8 Å². The van der Waals surface area contributed by atoms with Gasteiger partial charge in [-0.15, -0.1) is 0 Å². The average molecular weight is 279 g/mol. The number of carbonyl (C=O) groups excluding carboxylic acids is 1. The molecule has 1 saturated carbocycles. The fourth-order valence-electron chi connectivity index (χ4n) is 2.62. The Bertz CT molecular complexity index is 472. The van der Waals surface area contributed by atoms with Crippen LogP contribution >= 0.6 is 0 Å². The first kappa shape index (κ1) is 13.6. The molecule has 5 heteroatoms. The second kappa shape index (κ2) is 5.95. The lowest BCUT2D eigenvalue weighted by Crippen LogP contribution is -2.06. The van der Waals surface area contributed by atoms with Crippen LogP contribution in [0.15, 0.2) is 4.42 Å². The van der Waals surface area contributed by atoms with Crippen molar-refractivity contribution < 1.29 is 18.7 Å². The van der Waals surface area contributed by atoms with E-state index >= 15 is 0 Å². The van der Waals surface area contributed by atoms with E-state index in [0.29, 0.717) is 30.3 Å². The van der Waals surface area contributed by atoms with Gasteiger partial charge >= 0.3 is 5.97 Å². The standard InChI is InChI=1S/C15H21NO4/c1-2-18-15(17)14-13(10-5-6-10)16-12(20-14)8-7-11-4-3-9-19-11/h10-11H,2-9H2,1H3. The van der Waals surface area contributed by atoms with E-state index in [1.165, 1.54) is 0 Å². The molecule has 3 rings (SSSR count). The first-order valence-electron chi connectivity index (χ1n) is 7.56. The Morgan fingerprint density at radius 3 is 2.90 bits per heavy atom. The van der Waals surface area contributed by atoms with Crippen molar-refractivity contribution in [3.63, 3.8) is 0 Å². The van der Waals surface area contributed by atoms with Gasteiger partial charge in [-0.1, -0.05) is 0 Å². The highest BCUT2D eigenvalue weighted by atomic mass is 16.5. The summed E-state index contributed by atoms with van der Waals surface area (Å²) in [5, 5.41) is 0. The maximum atomic E-state index is 11.9. The molecule has 0 aromatic carbocycles. The molecule has 5 nitrogen and oxygen atoms in total. The van der Waals surface area contributed by atoms with Crippen LogP contribution in [0.5, 0.6) is 0 Å². The molecule has 0 spiro atoms. The second-order valence-electron chi connectivity index (χ2n) is 5.49. The zero-order valence-corrected chi connectivity index (χ0v) is 11.9. The van der Waals surface area contributed by atoms with Gasteiger partial charge in [-0.2, -0.15) is 0 Å². The normalized spacial score (nSPS) is 22.1. The lowest BCUT2D eigenvalue weighted by atomic mass is 10.1. The maximum absolute atomic E-state index is 11.9. The van der Waals surface area contributed by atoms with E-state index in [4.69, 9.17) is 13.9 Å². The molecule has 1 atom stereocenters. The molecule has 1 saturated heterocycles. The number of aromatic nitrogens is 1. The van der Waals surface area contributed by atoms with Crippen LogP contribution in [0.4, 0.5) is 0 Å². The molecule has 110 valence electrons. The minimum atomic E-state index is -0.384. The lowest BCUT2D eigenvalue weighted by molar-refractivity contribution is 0.0485. The van der Waals surface area contributed by atoms with Crippen LogP contribution in [0.3, 0.4) is 0 Å². The molecule has 1 aromatic rings. The Hall–Kier alpha value is -1.36. The number of carbonyl (C=O) groups is 1. The van der Waals surface area contributed by atoms with E-state index in [1.54, 1.807) is 6.92 Å². The molecule has 1 aromatic heterocycles. The summed E-state index contributed by atoms with van der Waals surface area (Å²) in [4.78, 5) is 16.4. The van der Waals surface area contributed by atoms with Gasteiger partial charge in [0.2, 0.25) is 5.76 Å². The molecule has 0 radical (unpaired) electrons. The number of rotatable bonds is 6. The molecule has 0 amide bonds. The SMILES string of the molecule is CCOC(=O)c1oc(CCC2CCCO2)nc1C1CC1. The van der Waals surface area contributed by atoms with Crippen LogP contribution in [-0.2, 0) is 15.9 Å². The number of nitrogens with zero attached hydrogens (tertiary/aromatic N) is 1. The molecule has 1 unspecified atom stereocenters. The van der Waals surface area contributed by atoms with Crippen LogP contribution in [0.25, 0.3) is 0 Å². The van der Waals surface area contributed by atoms with Crippen LogP contribution in [0, 0.1) is 0 Å². The summed E-state index contributed by atoms with van der Waals surface area (Å²) < 4.78 is 16.3. The van der Waals surface area contributed by atoms with Crippen molar-refractivity contribution in [2.75, 3.05) is 13.2 Å². The summed E-state index contributed by atoms with van der Waals surface area (Å²) in [6.45, 7) is 3.01. The van der Waals surface area contributed by atoms with E-state index in [9.17, 15) is 4.79 Å². The summed E-state index contributed by atoms with van der Waals surface area (Å²) in [5.74, 6) is 0.960. The fourth-order valence-corrected chi connectivity index (χ4v) is 2.62. The quantitative estimate of drug-likeness (QED) is 0.749. The molecule has 2 heterocycles. The number of hydrogen-bond donors (Lipinski definition) is 0. The van der Waals surface area contributed by atoms with Crippen molar-refractivity contribution in [2.24, 2.45) is 0 Å². The molecule has 0 N–H and O–H groups in total. The van der Waals surface area contributed by atoms with Gasteiger partial charge in [0.1, 0.15) is 0 Å². The molecule has 2 fully saturated rings. The predicted molar refractivity (Wildman–Crippen MR) is 71.7 cm³/mol. The smallest absolute Gasteiger partial charge is 0.376 e. The Labute approximate surface area is 118 Å². The van der Waals surface area contributed by atoms with E-state index in [-0.39, 0.29) is 5.97 Å². The highest BCUT2D eigenvalue weighted by molar-refractivity contribution is 5.87. The molecule has 20 heavy (non-hydrogen) atoms. The van der Waals surface area contributed by atoms with Crippen molar-refractivity contribution in [1.29, 1.82) is 0 Å². The van der Waals surface area contributed by atoms with Crippen molar-refractivity contribution in [2.45, 2.75) is 57.5 Å². The predicted octanol–water partition coefficient (Wildman–Crippen LogP) is 2.84. The van der Waals surface area contributed by atoms with Gasteiger partial charge in [0.05, 0.1) is 18.4 Å². The summed E-state index contributed by atoms with van der Waals surface area (Å²) in [6, 6.07) is 0. The van der Waals surface area contributed by atoms with Crippen LogP contribution < -0.4 is 0 Å². The van der Waals surface area contributed by atoms with E-state index in [2.05, 4.69) is 4.98 Å². The molecular weight excluding hydrogens is 258 g/mol. The van der Waals surface area contributed by atoms with Crippen LogP contribution in [0.1, 0.15) is 67.1 Å². The number of hydrogen-bond acceptors (Lipinski definition) is 5. The molecule has 1 aliphatic heterocycles. The van der Waals surface area contributed by atoms with Crippen LogP contribution in [-0.4, -0.2) is 30.3 Å². The molecule has 1 aliphatic carbocycles. The zero-order valence-electron chi connectivity index (χ0n) is 11.9. The average Bonchev–Trinajstić information content (AvgIpc) is 3.00. The van der Waals surface area contributed by atoms with Crippen molar-refractivity contribution in [3.8, 4) is 0 Å².